The van der Waals surface area contributed by atoms with E-state index in [9.17, 15) is 23.4 Å². The van der Waals surface area contributed by atoms with Crippen LogP contribution in [0.1, 0.15) is 65.2 Å². The molecule has 1 saturated heterocycles. The lowest BCUT2D eigenvalue weighted by molar-refractivity contribution is -0.128. The molecule has 4 aliphatic carbocycles. The Labute approximate surface area is 227 Å². The Bertz CT molecular complexity index is 1130. The zero-order valence-corrected chi connectivity index (χ0v) is 23.6. The van der Waals surface area contributed by atoms with Crippen molar-refractivity contribution in [3.8, 4) is 0 Å². The first-order valence-electron chi connectivity index (χ1n) is 14.3. The molecule has 1 aromatic carbocycles. The lowest BCUT2D eigenvalue weighted by atomic mass is 9.70. The zero-order valence-electron chi connectivity index (χ0n) is 22.8. The third-order valence-corrected chi connectivity index (χ3v) is 11.9. The number of fused-ring (bicyclic) bond motifs is 2. The van der Waals surface area contributed by atoms with E-state index in [4.69, 9.17) is 4.55 Å². The maximum Gasteiger partial charge on any atom is 0.265 e. The molecule has 3 unspecified atom stereocenters. The van der Waals surface area contributed by atoms with Crippen molar-refractivity contribution in [3.05, 3.63) is 30.3 Å². The van der Waals surface area contributed by atoms with Crippen molar-refractivity contribution in [1.29, 1.82) is 0 Å². The Balaban J connectivity index is 0.000000170. The van der Waals surface area contributed by atoms with Gasteiger partial charge in [-0.15, -0.1) is 0 Å². The Morgan fingerprint density at radius 3 is 2.13 bits per heavy atom. The number of hydrogen-bond donors (Lipinski definition) is 3. The molecule has 6 rings (SSSR count). The number of para-hydroxylation sites is 1. The summed E-state index contributed by atoms with van der Waals surface area (Å²) >= 11 is 0. The van der Waals surface area contributed by atoms with Crippen LogP contribution in [0.4, 0.5) is 5.69 Å². The number of anilines is 1. The molecule has 1 spiro atoms. The van der Waals surface area contributed by atoms with E-state index in [1.165, 1.54) is 12.1 Å². The SMILES string of the molecule is CC1(C)C2CCC1(CS(=O)(=O)O)C(=O)C2.OC1C2(CCCCC2)[C@]1(O)CN1CCN(c2ccccc2)CC1. The molecular formula is C29H44N2O6S. The second-order valence-corrected chi connectivity index (χ2v) is 14.5. The first kappa shape index (κ1) is 28.0. The topological polar surface area (TPSA) is 118 Å². The number of aliphatic hydroxyl groups is 2. The molecule has 5 fully saturated rings. The summed E-state index contributed by atoms with van der Waals surface area (Å²) in [6.07, 6.45) is 7.01. The number of ketones is 1. The van der Waals surface area contributed by atoms with E-state index < -0.39 is 33.0 Å². The average molecular weight is 549 g/mol. The van der Waals surface area contributed by atoms with Crippen LogP contribution < -0.4 is 4.90 Å². The van der Waals surface area contributed by atoms with Gasteiger partial charge in [-0.05, 0) is 49.1 Å². The van der Waals surface area contributed by atoms with Gasteiger partial charge in [0, 0.05) is 50.2 Å². The molecule has 0 amide bonds. The summed E-state index contributed by atoms with van der Waals surface area (Å²) < 4.78 is 31.0. The van der Waals surface area contributed by atoms with Crippen LogP contribution in [-0.2, 0) is 14.9 Å². The van der Waals surface area contributed by atoms with Gasteiger partial charge in [-0.25, -0.2) is 0 Å². The number of piperazine rings is 1. The standard InChI is InChI=1S/C19H28N2O2.C10H16O4S/c22-17-18(9-5-2-6-10-18)19(17,23)15-20-11-13-21(14-12-20)16-7-3-1-4-8-16;1-9(2)7-3-4-10(9,8(11)5-7)6-15(12,13)14/h1,3-4,7-8,17,22-23H,2,5-6,9-15H2;7H,3-6H2,1-2H3,(H,12,13,14)/t17?,19-;/m0./s1. The van der Waals surface area contributed by atoms with Crippen LogP contribution in [0.3, 0.4) is 0 Å². The maximum absolute atomic E-state index is 11.9. The predicted octanol–water partition coefficient (Wildman–Crippen LogP) is 3.13. The third-order valence-electron chi connectivity index (χ3n) is 11.0. The molecule has 4 saturated carbocycles. The van der Waals surface area contributed by atoms with Crippen molar-refractivity contribution in [2.45, 2.75) is 76.9 Å². The number of aliphatic hydroxyl groups excluding tert-OH is 1. The van der Waals surface area contributed by atoms with Crippen LogP contribution in [0.25, 0.3) is 0 Å². The van der Waals surface area contributed by atoms with Gasteiger partial charge in [-0.1, -0.05) is 51.3 Å². The van der Waals surface area contributed by atoms with Crippen LogP contribution >= 0.6 is 0 Å². The molecule has 212 valence electrons. The van der Waals surface area contributed by atoms with Gasteiger partial charge < -0.3 is 15.1 Å². The number of Topliss-reactive ketones (excluding diaryl/α,β-unsaturated/α-hetero) is 1. The van der Waals surface area contributed by atoms with Gasteiger partial charge in [-0.2, -0.15) is 8.42 Å². The Morgan fingerprint density at radius 1 is 0.974 bits per heavy atom. The van der Waals surface area contributed by atoms with Crippen LogP contribution in [0.5, 0.6) is 0 Å². The van der Waals surface area contributed by atoms with Gasteiger partial charge >= 0.3 is 0 Å². The Morgan fingerprint density at radius 2 is 1.61 bits per heavy atom. The molecule has 2 bridgehead atoms. The first-order valence-corrected chi connectivity index (χ1v) is 15.9. The fraction of sp³-hybridized carbons (Fsp3) is 0.759. The second kappa shape index (κ2) is 9.84. The quantitative estimate of drug-likeness (QED) is 0.481. The summed E-state index contributed by atoms with van der Waals surface area (Å²) in [5.41, 5.74) is -0.893. The average Bonchev–Trinajstić information content (AvgIpc) is 3.08. The van der Waals surface area contributed by atoms with Crippen LogP contribution in [-0.4, -0.2) is 84.0 Å². The number of nitrogens with zero attached hydrogens (tertiary/aromatic N) is 2. The molecule has 9 heteroatoms. The molecule has 3 N–H and O–H groups in total. The van der Waals surface area contributed by atoms with Gasteiger partial charge in [0.05, 0.1) is 17.3 Å². The predicted molar refractivity (Wildman–Crippen MR) is 147 cm³/mol. The molecule has 4 atom stereocenters. The van der Waals surface area contributed by atoms with E-state index in [1.807, 2.05) is 19.9 Å². The molecule has 1 aromatic rings. The minimum atomic E-state index is -4.08. The van der Waals surface area contributed by atoms with E-state index in [-0.39, 0.29) is 22.5 Å². The van der Waals surface area contributed by atoms with E-state index in [0.717, 1.165) is 58.3 Å². The fourth-order valence-electron chi connectivity index (χ4n) is 8.32. The van der Waals surface area contributed by atoms with Gasteiger partial charge in [0.25, 0.3) is 10.1 Å². The van der Waals surface area contributed by atoms with Crippen LogP contribution in [0.2, 0.25) is 0 Å². The number of carbonyl (C=O) groups is 1. The fourth-order valence-corrected chi connectivity index (χ4v) is 9.62. The third kappa shape index (κ3) is 4.62. The highest BCUT2D eigenvalue weighted by molar-refractivity contribution is 7.85. The summed E-state index contributed by atoms with van der Waals surface area (Å²) in [4.78, 5) is 16.6. The number of rotatable bonds is 5. The zero-order chi connectivity index (χ0) is 27.4. The summed E-state index contributed by atoms with van der Waals surface area (Å²) in [6, 6.07) is 10.5. The number of benzene rings is 1. The summed E-state index contributed by atoms with van der Waals surface area (Å²) in [5.74, 6) is -0.101. The molecule has 8 nitrogen and oxygen atoms in total. The van der Waals surface area contributed by atoms with Crippen LogP contribution in [0, 0.1) is 22.2 Å². The molecule has 5 aliphatic rings. The van der Waals surface area contributed by atoms with Crippen molar-refractivity contribution >= 4 is 21.6 Å². The lowest BCUT2D eigenvalue weighted by Gasteiger charge is -2.38. The number of β-amino-alcohol motifs (C(OH)–C–C–N with tert-alkyl or cyclic N) is 1. The lowest BCUT2D eigenvalue weighted by Crippen LogP contribution is -2.50. The molecule has 38 heavy (non-hydrogen) atoms. The first-order chi connectivity index (χ1) is 17.8. The molecule has 1 aliphatic heterocycles. The summed E-state index contributed by atoms with van der Waals surface area (Å²) in [5, 5.41) is 21.4. The van der Waals surface area contributed by atoms with Gasteiger partial charge in [0.15, 0.2) is 0 Å². The molecular weight excluding hydrogens is 504 g/mol. The van der Waals surface area contributed by atoms with Gasteiger partial charge in [0.2, 0.25) is 0 Å². The summed E-state index contributed by atoms with van der Waals surface area (Å²) in [7, 11) is -4.08. The van der Waals surface area contributed by atoms with Crippen molar-refractivity contribution in [2.75, 3.05) is 43.4 Å². The van der Waals surface area contributed by atoms with E-state index >= 15 is 0 Å². The Hall–Kier alpha value is -1.52. The second-order valence-electron chi connectivity index (χ2n) is 13.0. The monoisotopic (exact) mass is 548 g/mol. The normalized spacial score (nSPS) is 35.7. The maximum atomic E-state index is 11.9. The number of carbonyl (C=O) groups excluding carboxylic acids is 1. The van der Waals surface area contributed by atoms with E-state index in [2.05, 4.69) is 34.1 Å². The van der Waals surface area contributed by atoms with Crippen LogP contribution in [0.15, 0.2) is 30.3 Å². The van der Waals surface area contributed by atoms with Crippen molar-refractivity contribution in [3.63, 3.8) is 0 Å². The molecule has 0 radical (unpaired) electrons. The summed E-state index contributed by atoms with van der Waals surface area (Å²) in [6.45, 7) is 8.42. The highest BCUT2D eigenvalue weighted by atomic mass is 32.2. The van der Waals surface area contributed by atoms with Crippen molar-refractivity contribution in [2.24, 2.45) is 22.2 Å². The highest BCUT2D eigenvalue weighted by Crippen LogP contribution is 2.65. The Kier molecular flexibility index (Phi) is 7.26. The minimum absolute atomic E-state index is 0.0152. The number of hydrogen-bond acceptors (Lipinski definition) is 7. The van der Waals surface area contributed by atoms with E-state index in [0.29, 0.717) is 19.4 Å². The highest BCUT2D eigenvalue weighted by Gasteiger charge is 2.75. The van der Waals surface area contributed by atoms with Crippen molar-refractivity contribution in [1.82, 2.24) is 4.90 Å². The molecule has 0 aromatic heterocycles. The van der Waals surface area contributed by atoms with E-state index in [1.54, 1.807) is 0 Å². The van der Waals surface area contributed by atoms with Gasteiger partial charge in [0.1, 0.15) is 11.4 Å². The van der Waals surface area contributed by atoms with Crippen molar-refractivity contribution < 1.29 is 28.0 Å². The molecule has 1 heterocycles. The largest absolute Gasteiger partial charge is 0.389 e. The van der Waals surface area contributed by atoms with Gasteiger partial charge in [-0.3, -0.25) is 14.2 Å². The minimum Gasteiger partial charge on any atom is -0.389 e. The smallest absolute Gasteiger partial charge is 0.265 e.